The Balaban J connectivity index is 0. The Morgan fingerprint density at radius 2 is 1.92 bits per heavy atom. The van der Waals surface area contributed by atoms with Crippen molar-refractivity contribution in [2.45, 2.75) is 25.3 Å². The quantitative estimate of drug-likeness (QED) is 0.452. The van der Waals surface area contributed by atoms with Gasteiger partial charge in [0.05, 0.1) is 11.9 Å². The molecule has 6 N–H and O–H groups in total. The SMILES string of the molecule is NCCCC[C@H](N)C(=O)O.OCl. The molecule has 12 heavy (non-hydrogen) atoms. The number of carboxylic acids is 1. The van der Waals surface area contributed by atoms with Crippen LogP contribution in [0.1, 0.15) is 19.3 Å². The zero-order valence-electron chi connectivity index (χ0n) is 6.74. The minimum Gasteiger partial charge on any atom is -0.480 e. The number of carbonyl (C=O) groups is 1. The normalized spacial score (nSPS) is 11.3. The summed E-state index contributed by atoms with van der Waals surface area (Å²) in [5.74, 6) is -0.933. The molecule has 0 amide bonds. The van der Waals surface area contributed by atoms with Crippen LogP contribution in [0.2, 0.25) is 0 Å². The molecule has 74 valence electrons. The number of hydrogen-bond donors (Lipinski definition) is 4. The number of aliphatic carboxylic acids is 1. The van der Waals surface area contributed by atoms with Gasteiger partial charge < -0.3 is 16.6 Å². The highest BCUT2D eigenvalue weighted by Gasteiger charge is 2.09. The maximum atomic E-state index is 10.1. The van der Waals surface area contributed by atoms with Gasteiger partial charge in [-0.15, -0.1) is 0 Å². The third kappa shape index (κ3) is 9.64. The summed E-state index contributed by atoms with van der Waals surface area (Å²) in [5, 5.41) is 8.33. The molecule has 0 saturated carbocycles. The van der Waals surface area contributed by atoms with Crippen molar-refractivity contribution in [3.05, 3.63) is 0 Å². The van der Waals surface area contributed by atoms with Crippen molar-refractivity contribution in [1.82, 2.24) is 0 Å². The van der Waals surface area contributed by atoms with Gasteiger partial charge in [-0.2, -0.15) is 0 Å². The largest absolute Gasteiger partial charge is 0.480 e. The summed E-state index contributed by atoms with van der Waals surface area (Å²) in [4.78, 5) is 10.1. The van der Waals surface area contributed by atoms with Gasteiger partial charge in [0.2, 0.25) is 0 Å². The van der Waals surface area contributed by atoms with Crippen LogP contribution in [0.25, 0.3) is 0 Å². The van der Waals surface area contributed by atoms with E-state index in [-0.39, 0.29) is 0 Å². The minimum absolute atomic E-state index is 0.520. The number of hydrogen-bond acceptors (Lipinski definition) is 4. The van der Waals surface area contributed by atoms with E-state index in [1.807, 2.05) is 0 Å². The van der Waals surface area contributed by atoms with E-state index in [1.165, 1.54) is 0 Å². The molecule has 0 bridgehead atoms. The zero-order valence-corrected chi connectivity index (χ0v) is 7.50. The predicted octanol–water partition coefficient (Wildman–Crippen LogP) is -0.340. The number of nitrogens with two attached hydrogens (primary N) is 2. The summed E-state index contributed by atoms with van der Waals surface area (Å²) >= 11 is 3.64. The van der Waals surface area contributed by atoms with Crippen LogP contribution in [0.15, 0.2) is 0 Å². The lowest BCUT2D eigenvalue weighted by molar-refractivity contribution is -0.138. The summed E-state index contributed by atoms with van der Waals surface area (Å²) in [6, 6.07) is -0.716. The van der Waals surface area contributed by atoms with E-state index in [1.54, 1.807) is 0 Å². The van der Waals surface area contributed by atoms with Crippen LogP contribution < -0.4 is 11.5 Å². The Hall–Kier alpha value is -0.360. The third-order valence-corrected chi connectivity index (χ3v) is 1.29. The van der Waals surface area contributed by atoms with Gasteiger partial charge in [-0.25, -0.2) is 0 Å². The molecule has 5 nitrogen and oxygen atoms in total. The number of rotatable bonds is 5. The Labute approximate surface area is 76.5 Å². The first-order chi connectivity index (χ1) is 5.68. The second-order valence-corrected chi connectivity index (χ2v) is 2.23. The third-order valence-electron chi connectivity index (χ3n) is 1.29. The van der Waals surface area contributed by atoms with E-state index in [0.717, 1.165) is 12.8 Å². The molecule has 0 aromatic carbocycles. The number of carboxylic acid groups (broad SMARTS) is 1. The molecule has 6 heteroatoms. The Morgan fingerprint density at radius 3 is 2.25 bits per heavy atom. The molecular formula is C6H15ClN2O3. The maximum Gasteiger partial charge on any atom is 0.320 e. The summed E-state index contributed by atoms with van der Waals surface area (Å²) in [6.45, 7) is 0.604. The lowest BCUT2D eigenvalue weighted by atomic mass is 10.1. The van der Waals surface area contributed by atoms with Crippen molar-refractivity contribution in [2.24, 2.45) is 11.5 Å². The van der Waals surface area contributed by atoms with Crippen LogP contribution in [0, 0.1) is 0 Å². The Bertz CT molecular complexity index is 113. The van der Waals surface area contributed by atoms with Gasteiger partial charge in [0.1, 0.15) is 6.04 Å². The van der Waals surface area contributed by atoms with E-state index < -0.39 is 12.0 Å². The van der Waals surface area contributed by atoms with Gasteiger partial charge in [-0.3, -0.25) is 9.45 Å². The predicted molar refractivity (Wildman–Crippen MR) is 46.6 cm³/mol. The second kappa shape index (κ2) is 10.6. The van der Waals surface area contributed by atoms with Crippen molar-refractivity contribution in [3.8, 4) is 0 Å². The monoisotopic (exact) mass is 198 g/mol. The second-order valence-electron chi connectivity index (χ2n) is 2.23. The highest BCUT2D eigenvalue weighted by molar-refractivity contribution is 6.04. The zero-order chi connectivity index (χ0) is 9.98. The molecule has 0 aromatic rings. The first kappa shape index (κ1) is 14.2. The fourth-order valence-corrected chi connectivity index (χ4v) is 0.632. The van der Waals surface area contributed by atoms with E-state index in [4.69, 9.17) is 21.2 Å². The average Bonchev–Trinajstić information content (AvgIpc) is 2.08. The van der Waals surface area contributed by atoms with Crippen molar-refractivity contribution < 1.29 is 14.6 Å². The molecule has 0 aromatic heterocycles. The molecule has 0 aliphatic rings. The van der Waals surface area contributed by atoms with Crippen molar-refractivity contribution in [2.75, 3.05) is 6.54 Å². The summed E-state index contributed by atoms with van der Waals surface area (Å²) in [6.07, 6.45) is 2.16. The molecule has 0 heterocycles. The molecular weight excluding hydrogens is 184 g/mol. The fourth-order valence-electron chi connectivity index (χ4n) is 0.632. The van der Waals surface area contributed by atoms with Crippen LogP contribution >= 0.6 is 11.9 Å². The summed E-state index contributed by atoms with van der Waals surface area (Å²) < 4.78 is 6.47. The van der Waals surface area contributed by atoms with Gasteiger partial charge in [0.25, 0.3) is 0 Å². The topological polar surface area (TPSA) is 110 Å². The lowest BCUT2D eigenvalue weighted by Crippen LogP contribution is -2.29. The van der Waals surface area contributed by atoms with Gasteiger partial charge in [0.15, 0.2) is 0 Å². The van der Waals surface area contributed by atoms with Crippen molar-refractivity contribution >= 4 is 17.8 Å². The van der Waals surface area contributed by atoms with Crippen molar-refractivity contribution in [3.63, 3.8) is 0 Å². The molecule has 0 fully saturated rings. The maximum absolute atomic E-state index is 10.1. The van der Waals surface area contributed by atoms with Crippen LogP contribution in [0.4, 0.5) is 0 Å². The summed E-state index contributed by atoms with van der Waals surface area (Å²) in [5.41, 5.74) is 10.4. The first-order valence-electron chi connectivity index (χ1n) is 3.54. The smallest absolute Gasteiger partial charge is 0.320 e. The molecule has 0 aliphatic heterocycles. The Morgan fingerprint density at radius 1 is 1.42 bits per heavy atom. The molecule has 1 atom stereocenters. The van der Waals surface area contributed by atoms with Gasteiger partial charge in [0, 0.05) is 0 Å². The molecule has 0 spiro atoms. The van der Waals surface area contributed by atoms with E-state index in [2.05, 4.69) is 11.9 Å². The molecule has 0 saturated heterocycles. The Kier molecular flexibility index (Phi) is 12.6. The average molecular weight is 199 g/mol. The van der Waals surface area contributed by atoms with E-state index in [0.29, 0.717) is 13.0 Å². The van der Waals surface area contributed by atoms with Gasteiger partial charge in [-0.1, -0.05) is 6.42 Å². The van der Waals surface area contributed by atoms with Crippen LogP contribution in [-0.2, 0) is 4.79 Å². The molecule has 0 unspecified atom stereocenters. The highest BCUT2D eigenvalue weighted by atomic mass is 35.5. The van der Waals surface area contributed by atoms with Gasteiger partial charge in [-0.05, 0) is 19.4 Å². The molecule has 0 rings (SSSR count). The molecule has 0 aliphatic carbocycles. The molecule has 0 radical (unpaired) electrons. The fraction of sp³-hybridized carbons (Fsp3) is 0.833. The van der Waals surface area contributed by atoms with Gasteiger partial charge >= 0.3 is 5.97 Å². The van der Waals surface area contributed by atoms with Crippen molar-refractivity contribution in [1.29, 1.82) is 0 Å². The number of halogens is 1. The number of unbranched alkanes of at least 4 members (excludes halogenated alkanes) is 1. The van der Waals surface area contributed by atoms with Crippen LogP contribution in [0.3, 0.4) is 0 Å². The van der Waals surface area contributed by atoms with Crippen LogP contribution in [-0.4, -0.2) is 28.3 Å². The van der Waals surface area contributed by atoms with E-state index >= 15 is 0 Å². The van der Waals surface area contributed by atoms with Crippen LogP contribution in [0.5, 0.6) is 0 Å². The van der Waals surface area contributed by atoms with E-state index in [9.17, 15) is 4.79 Å². The minimum atomic E-state index is -0.933. The first-order valence-corrected chi connectivity index (χ1v) is 3.87. The standard InChI is InChI=1S/C6H14N2O2.ClHO/c7-4-2-1-3-5(8)6(9)10;1-2/h5H,1-4,7-8H2,(H,9,10);2H/t5-;/m0./s1. The lowest BCUT2D eigenvalue weighted by Gasteiger charge is -2.03. The summed E-state index contributed by atoms with van der Waals surface area (Å²) in [7, 11) is 0. The highest BCUT2D eigenvalue weighted by Crippen LogP contribution is 1.96.